The Morgan fingerprint density at radius 2 is 1.71 bits per heavy atom. The van der Waals surface area contributed by atoms with E-state index in [-0.39, 0.29) is 12.3 Å². The van der Waals surface area contributed by atoms with E-state index in [4.69, 9.17) is 9.47 Å². The maximum absolute atomic E-state index is 13.8. The molecule has 2 aromatic heterocycles. The zero-order chi connectivity index (χ0) is 20.0. The minimum absolute atomic E-state index is 0.141. The number of hydrogen-bond acceptors (Lipinski definition) is 5. The molecule has 7 heteroatoms. The topological polar surface area (TPSA) is 53.5 Å². The lowest BCUT2D eigenvalue weighted by molar-refractivity contribution is -0.0731. The summed E-state index contributed by atoms with van der Waals surface area (Å²) < 4.78 is 43.4. The van der Waals surface area contributed by atoms with Crippen molar-refractivity contribution in [3.8, 4) is 22.8 Å². The molecule has 0 amide bonds. The van der Waals surface area contributed by atoms with Crippen LogP contribution in [0.4, 0.5) is 8.78 Å². The molecule has 0 aliphatic carbocycles. The molecule has 3 rings (SSSR count). The summed E-state index contributed by atoms with van der Waals surface area (Å²) in [6.45, 7) is -0.575. The van der Waals surface area contributed by atoms with E-state index in [2.05, 4.69) is 14.7 Å². The third-order valence-electron chi connectivity index (χ3n) is 4.07. The van der Waals surface area contributed by atoms with E-state index >= 15 is 0 Å². The summed E-state index contributed by atoms with van der Waals surface area (Å²) in [7, 11) is 2.82. The van der Waals surface area contributed by atoms with Gasteiger partial charge in [-0.25, -0.2) is 4.98 Å². The largest absolute Gasteiger partial charge is 0.496 e. The Morgan fingerprint density at radius 1 is 0.929 bits per heavy atom. The van der Waals surface area contributed by atoms with Crippen LogP contribution in [0.1, 0.15) is 11.3 Å². The van der Waals surface area contributed by atoms with Crippen LogP contribution >= 0.6 is 0 Å². The van der Waals surface area contributed by atoms with Crippen LogP contribution in [0.5, 0.6) is 11.6 Å². The van der Waals surface area contributed by atoms with Crippen LogP contribution < -0.4 is 9.47 Å². The van der Waals surface area contributed by atoms with Gasteiger partial charge in [0.25, 0.3) is 0 Å². The van der Waals surface area contributed by atoms with Crippen molar-refractivity contribution >= 4 is 0 Å². The van der Waals surface area contributed by atoms with Gasteiger partial charge in [-0.15, -0.1) is 0 Å². The number of rotatable bonds is 8. The Hall–Kier alpha value is -3.06. The Balaban J connectivity index is 1.77. The van der Waals surface area contributed by atoms with Gasteiger partial charge in [-0.05, 0) is 24.3 Å². The van der Waals surface area contributed by atoms with Crippen LogP contribution in [0, 0.1) is 0 Å². The summed E-state index contributed by atoms with van der Waals surface area (Å²) in [6.07, 6.45) is 2.99. The Morgan fingerprint density at radius 3 is 2.43 bits per heavy atom. The first-order chi connectivity index (χ1) is 13.5. The van der Waals surface area contributed by atoms with Gasteiger partial charge in [0.15, 0.2) is 0 Å². The minimum atomic E-state index is -3.13. The fourth-order valence-corrected chi connectivity index (χ4v) is 2.71. The molecule has 0 saturated heterocycles. The van der Waals surface area contributed by atoms with Crippen molar-refractivity contribution in [2.45, 2.75) is 12.5 Å². The molecule has 0 spiro atoms. The van der Waals surface area contributed by atoms with Crippen molar-refractivity contribution in [2.75, 3.05) is 20.8 Å². The molecule has 0 unspecified atom stereocenters. The third-order valence-corrected chi connectivity index (χ3v) is 4.07. The predicted octanol–water partition coefficient (Wildman–Crippen LogP) is 4.47. The fourth-order valence-electron chi connectivity index (χ4n) is 2.71. The molecule has 0 aliphatic heterocycles. The summed E-state index contributed by atoms with van der Waals surface area (Å²) >= 11 is 0. The van der Waals surface area contributed by atoms with Crippen LogP contribution in [0.15, 0.2) is 60.9 Å². The van der Waals surface area contributed by atoms with Crippen molar-refractivity contribution in [1.29, 1.82) is 0 Å². The number of nitrogens with zero attached hydrogens (tertiary/aromatic N) is 2. The molecule has 0 radical (unpaired) electrons. The van der Waals surface area contributed by atoms with Gasteiger partial charge in [-0.3, -0.25) is 4.98 Å². The van der Waals surface area contributed by atoms with Crippen molar-refractivity contribution in [3.63, 3.8) is 0 Å². The molecule has 0 atom stereocenters. The Kier molecular flexibility index (Phi) is 6.16. The first-order valence-corrected chi connectivity index (χ1v) is 8.58. The van der Waals surface area contributed by atoms with E-state index in [0.29, 0.717) is 17.2 Å². The predicted molar refractivity (Wildman–Crippen MR) is 101 cm³/mol. The van der Waals surface area contributed by atoms with Crippen LogP contribution in [0.2, 0.25) is 0 Å². The molecule has 0 saturated carbocycles. The first kappa shape index (κ1) is 19.7. The maximum atomic E-state index is 13.8. The monoisotopic (exact) mass is 386 g/mol. The van der Waals surface area contributed by atoms with Gasteiger partial charge in [0.2, 0.25) is 5.88 Å². The second kappa shape index (κ2) is 8.75. The lowest BCUT2D eigenvalue weighted by atomic mass is 10.1. The molecule has 5 nitrogen and oxygen atoms in total. The van der Waals surface area contributed by atoms with Gasteiger partial charge in [0.1, 0.15) is 24.7 Å². The van der Waals surface area contributed by atoms with Gasteiger partial charge in [-0.2, -0.15) is 8.78 Å². The molecular formula is C21H20F2N2O3. The molecular weight excluding hydrogens is 366 g/mol. The summed E-state index contributed by atoms with van der Waals surface area (Å²) in [5.74, 6) is -2.01. The molecule has 146 valence electrons. The second-order valence-corrected chi connectivity index (χ2v) is 6.03. The van der Waals surface area contributed by atoms with E-state index < -0.39 is 12.5 Å². The summed E-state index contributed by atoms with van der Waals surface area (Å²) in [6, 6.07) is 14.1. The lowest BCUT2D eigenvalue weighted by Crippen LogP contribution is -2.21. The smallest absolute Gasteiger partial charge is 0.312 e. The van der Waals surface area contributed by atoms with E-state index in [1.807, 2.05) is 36.4 Å². The van der Waals surface area contributed by atoms with Gasteiger partial charge in [-0.1, -0.05) is 24.3 Å². The van der Waals surface area contributed by atoms with Gasteiger partial charge in [0, 0.05) is 36.2 Å². The van der Waals surface area contributed by atoms with Crippen LogP contribution in [-0.2, 0) is 17.3 Å². The molecule has 0 N–H and O–H groups in total. The maximum Gasteiger partial charge on any atom is 0.312 e. The molecule has 2 heterocycles. The lowest BCUT2D eigenvalue weighted by Gasteiger charge is -2.15. The summed E-state index contributed by atoms with van der Waals surface area (Å²) in [5, 5.41) is 0. The minimum Gasteiger partial charge on any atom is -0.496 e. The Bertz CT molecular complexity index is 918. The molecule has 3 aromatic rings. The normalized spacial score (nSPS) is 11.3. The third kappa shape index (κ3) is 4.43. The van der Waals surface area contributed by atoms with Gasteiger partial charge >= 0.3 is 5.92 Å². The highest BCUT2D eigenvalue weighted by atomic mass is 19.3. The molecule has 0 bridgehead atoms. The number of aromatic nitrogens is 2. The number of para-hydroxylation sites is 1. The van der Waals surface area contributed by atoms with E-state index in [1.165, 1.54) is 19.4 Å². The first-order valence-electron chi connectivity index (χ1n) is 8.58. The highest BCUT2D eigenvalue weighted by Gasteiger charge is 2.33. The standard InChI is InChI=1S/C21H20F2N2O3/c1-26-14-21(22,23)19-10-9-15(12-25-19)13-28-20-17(7-5-11-24-20)16-6-3-4-8-18(16)27-2/h3-12H,13-14H2,1-2H3. The Labute approximate surface area is 161 Å². The summed E-state index contributed by atoms with van der Waals surface area (Å²) in [5.41, 5.74) is 1.93. The van der Waals surface area contributed by atoms with Gasteiger partial charge < -0.3 is 14.2 Å². The van der Waals surface area contributed by atoms with Gasteiger partial charge in [0.05, 0.1) is 7.11 Å². The SMILES string of the molecule is COCC(F)(F)c1ccc(COc2ncccc2-c2ccccc2OC)cn1. The second-order valence-electron chi connectivity index (χ2n) is 6.03. The molecule has 28 heavy (non-hydrogen) atoms. The number of methoxy groups -OCH3 is 2. The molecule has 1 aromatic carbocycles. The number of hydrogen-bond donors (Lipinski definition) is 0. The number of ether oxygens (including phenoxy) is 3. The van der Waals surface area contributed by atoms with Crippen molar-refractivity contribution in [3.05, 3.63) is 72.2 Å². The highest BCUT2D eigenvalue weighted by molar-refractivity contribution is 5.74. The number of halogens is 2. The fraction of sp³-hybridized carbons (Fsp3) is 0.238. The number of benzene rings is 1. The van der Waals surface area contributed by atoms with Crippen molar-refractivity contribution in [2.24, 2.45) is 0 Å². The zero-order valence-electron chi connectivity index (χ0n) is 15.6. The van der Waals surface area contributed by atoms with Crippen molar-refractivity contribution < 1.29 is 23.0 Å². The van der Waals surface area contributed by atoms with Crippen molar-refractivity contribution in [1.82, 2.24) is 9.97 Å². The van der Waals surface area contributed by atoms with Crippen LogP contribution in [-0.4, -0.2) is 30.8 Å². The number of alkyl halides is 2. The molecule has 0 fully saturated rings. The average Bonchev–Trinajstić information content (AvgIpc) is 2.73. The zero-order valence-corrected chi connectivity index (χ0v) is 15.6. The highest BCUT2D eigenvalue weighted by Crippen LogP contribution is 2.35. The van der Waals surface area contributed by atoms with Crippen LogP contribution in [0.25, 0.3) is 11.1 Å². The van der Waals surface area contributed by atoms with Crippen LogP contribution in [0.3, 0.4) is 0 Å². The average molecular weight is 386 g/mol. The van der Waals surface area contributed by atoms with E-state index in [0.717, 1.165) is 11.1 Å². The quantitative estimate of drug-likeness (QED) is 0.572. The number of pyridine rings is 2. The molecule has 0 aliphatic rings. The van der Waals surface area contributed by atoms with E-state index in [1.54, 1.807) is 19.4 Å². The summed E-state index contributed by atoms with van der Waals surface area (Å²) in [4.78, 5) is 8.13. The van der Waals surface area contributed by atoms with E-state index in [9.17, 15) is 8.78 Å².